The van der Waals surface area contributed by atoms with Gasteiger partial charge in [-0.15, -0.1) is 0 Å². The molecule has 1 N–H and O–H groups in total. The monoisotopic (exact) mass is 476 g/mol. The molecule has 2 aliphatic carbocycles. The van der Waals surface area contributed by atoms with Gasteiger partial charge in [0.05, 0.1) is 18.2 Å². The fraction of sp³-hybridized carbons (Fsp3) is 0.464. The maximum absolute atomic E-state index is 13.4. The van der Waals surface area contributed by atoms with Crippen LogP contribution < -0.4 is 4.90 Å². The number of carboxylic acid groups (broad SMARTS) is 1. The Morgan fingerprint density at radius 1 is 0.943 bits per heavy atom. The number of carboxylic acids is 1. The highest BCUT2D eigenvalue weighted by atomic mass is 16.6. The number of fused-ring (bicyclic) bond motifs is 2. The largest absolute Gasteiger partial charge is 0.481 e. The van der Waals surface area contributed by atoms with Gasteiger partial charge in [0.25, 0.3) is 0 Å². The van der Waals surface area contributed by atoms with Gasteiger partial charge in [-0.25, -0.2) is 4.79 Å². The number of benzene rings is 2. The number of hydrogen-bond donors (Lipinski definition) is 1. The molecule has 7 nitrogen and oxygen atoms in total. The first-order chi connectivity index (χ1) is 17.0. The van der Waals surface area contributed by atoms with E-state index in [1.54, 1.807) is 0 Å². The van der Waals surface area contributed by atoms with Gasteiger partial charge in [0.1, 0.15) is 6.61 Å². The molecule has 35 heavy (non-hydrogen) atoms. The third-order valence-electron chi connectivity index (χ3n) is 7.55. The Labute approximate surface area is 205 Å². The summed E-state index contributed by atoms with van der Waals surface area (Å²) in [7, 11) is 0. The van der Waals surface area contributed by atoms with Crippen molar-refractivity contribution in [2.75, 3.05) is 11.4 Å². The van der Waals surface area contributed by atoms with E-state index in [9.17, 15) is 14.4 Å². The average molecular weight is 477 g/mol. The molecule has 0 aromatic heterocycles. The summed E-state index contributed by atoms with van der Waals surface area (Å²) in [5.41, 5.74) is 2.69. The maximum Gasteiger partial charge on any atom is 0.414 e. The molecule has 7 heteroatoms. The highest BCUT2D eigenvalue weighted by Gasteiger charge is 2.49. The van der Waals surface area contributed by atoms with Gasteiger partial charge in [0, 0.05) is 24.9 Å². The third kappa shape index (κ3) is 5.04. The lowest BCUT2D eigenvalue weighted by Crippen LogP contribution is -2.52. The first-order valence-electron chi connectivity index (χ1n) is 12.6. The first-order valence-corrected chi connectivity index (χ1v) is 12.6. The van der Waals surface area contributed by atoms with Gasteiger partial charge in [-0.05, 0) is 48.8 Å². The zero-order valence-electron chi connectivity index (χ0n) is 19.8. The van der Waals surface area contributed by atoms with Gasteiger partial charge in [-0.1, -0.05) is 55.0 Å². The average Bonchev–Trinajstić information content (AvgIpc) is 3.57. The van der Waals surface area contributed by atoms with Crippen molar-refractivity contribution in [3.05, 3.63) is 65.7 Å². The fourth-order valence-electron chi connectivity index (χ4n) is 5.75. The van der Waals surface area contributed by atoms with Crippen molar-refractivity contribution in [3.63, 3.8) is 0 Å². The van der Waals surface area contributed by atoms with Crippen LogP contribution in [0.25, 0.3) is 0 Å². The smallest absolute Gasteiger partial charge is 0.414 e. The van der Waals surface area contributed by atoms with Crippen LogP contribution in [0.5, 0.6) is 0 Å². The van der Waals surface area contributed by atoms with Crippen LogP contribution in [0.15, 0.2) is 54.6 Å². The molecule has 3 atom stereocenters. The second-order valence-electron chi connectivity index (χ2n) is 9.96. The minimum Gasteiger partial charge on any atom is -0.481 e. The molecule has 3 unspecified atom stereocenters. The van der Waals surface area contributed by atoms with Gasteiger partial charge >= 0.3 is 12.1 Å². The number of para-hydroxylation sites is 1. The van der Waals surface area contributed by atoms with Crippen molar-refractivity contribution < 1.29 is 24.2 Å². The lowest BCUT2D eigenvalue weighted by Gasteiger charge is -2.47. The van der Waals surface area contributed by atoms with Gasteiger partial charge in [-0.2, -0.15) is 0 Å². The SMILES string of the molecule is O=C(O)CCC(=O)N(CC1CC1)C1c2ccccc2N(C(=O)OCc2ccccc2)C2CCCC12. The van der Waals surface area contributed by atoms with Gasteiger partial charge < -0.3 is 14.7 Å². The molecule has 0 bridgehead atoms. The van der Waals surface area contributed by atoms with Crippen molar-refractivity contribution in [3.8, 4) is 0 Å². The van der Waals surface area contributed by atoms with Gasteiger partial charge in [0.15, 0.2) is 0 Å². The number of nitrogens with zero attached hydrogens (tertiary/aromatic N) is 2. The minimum absolute atomic E-state index is 0.000931. The number of carbonyl (C=O) groups excluding carboxylic acids is 2. The third-order valence-corrected chi connectivity index (χ3v) is 7.55. The van der Waals surface area contributed by atoms with Crippen LogP contribution in [0.1, 0.15) is 62.1 Å². The molecule has 1 aliphatic heterocycles. The summed E-state index contributed by atoms with van der Waals surface area (Å²) in [6.45, 7) is 0.861. The number of rotatable bonds is 8. The Morgan fingerprint density at radius 3 is 2.43 bits per heavy atom. The van der Waals surface area contributed by atoms with Crippen LogP contribution in [-0.4, -0.2) is 40.6 Å². The van der Waals surface area contributed by atoms with Crippen LogP contribution in [-0.2, 0) is 20.9 Å². The van der Waals surface area contributed by atoms with Crippen molar-refractivity contribution in [2.45, 2.75) is 63.6 Å². The van der Waals surface area contributed by atoms with Crippen LogP contribution in [0.4, 0.5) is 10.5 Å². The molecule has 2 fully saturated rings. The highest BCUT2D eigenvalue weighted by molar-refractivity contribution is 5.91. The fourth-order valence-corrected chi connectivity index (χ4v) is 5.75. The Morgan fingerprint density at radius 2 is 1.69 bits per heavy atom. The van der Waals surface area contributed by atoms with E-state index in [0.29, 0.717) is 12.5 Å². The Balaban J connectivity index is 1.45. The lowest BCUT2D eigenvalue weighted by atomic mass is 9.81. The molecule has 2 aromatic rings. The highest BCUT2D eigenvalue weighted by Crippen LogP contribution is 2.51. The summed E-state index contributed by atoms with van der Waals surface area (Å²) < 4.78 is 5.76. The van der Waals surface area contributed by atoms with E-state index in [0.717, 1.165) is 48.9 Å². The van der Waals surface area contributed by atoms with Crippen LogP contribution >= 0.6 is 0 Å². The molecule has 0 spiro atoms. The molecule has 3 aliphatic rings. The van der Waals surface area contributed by atoms with E-state index >= 15 is 0 Å². The molecular formula is C28H32N2O5. The summed E-state index contributed by atoms with van der Waals surface area (Å²) in [5.74, 6) is -0.490. The van der Waals surface area contributed by atoms with E-state index in [4.69, 9.17) is 9.84 Å². The predicted octanol–water partition coefficient (Wildman–Crippen LogP) is 5.16. The Kier molecular flexibility index (Phi) is 6.75. The van der Waals surface area contributed by atoms with E-state index in [1.807, 2.05) is 64.4 Å². The van der Waals surface area contributed by atoms with Crippen LogP contribution in [0.3, 0.4) is 0 Å². The summed E-state index contributed by atoms with van der Waals surface area (Å²) in [5, 5.41) is 9.16. The maximum atomic E-state index is 13.4. The lowest BCUT2D eigenvalue weighted by molar-refractivity contribution is -0.142. The second kappa shape index (κ2) is 10.1. The van der Waals surface area contributed by atoms with E-state index in [-0.39, 0.29) is 49.5 Å². The van der Waals surface area contributed by atoms with Gasteiger partial charge in [0.2, 0.25) is 5.91 Å². The van der Waals surface area contributed by atoms with Crippen molar-refractivity contribution in [1.29, 1.82) is 0 Å². The summed E-state index contributed by atoms with van der Waals surface area (Å²) in [6, 6.07) is 17.3. The van der Waals surface area contributed by atoms with Crippen LogP contribution in [0.2, 0.25) is 0 Å². The molecule has 0 radical (unpaired) electrons. The van der Waals surface area contributed by atoms with Crippen molar-refractivity contribution in [1.82, 2.24) is 4.90 Å². The molecule has 2 saturated carbocycles. The summed E-state index contributed by atoms with van der Waals surface area (Å²) in [4.78, 5) is 41.7. The van der Waals surface area contributed by atoms with Crippen molar-refractivity contribution in [2.24, 2.45) is 11.8 Å². The number of anilines is 1. The van der Waals surface area contributed by atoms with Gasteiger partial charge in [-0.3, -0.25) is 14.5 Å². The molecule has 2 amide bonds. The Hall–Kier alpha value is -3.35. The molecular weight excluding hydrogens is 444 g/mol. The predicted molar refractivity (Wildman–Crippen MR) is 131 cm³/mol. The number of amides is 2. The number of hydrogen-bond acceptors (Lipinski definition) is 4. The molecule has 1 heterocycles. The normalized spacial score (nSPS) is 22.7. The Bertz CT molecular complexity index is 1080. The number of ether oxygens (including phenoxy) is 1. The van der Waals surface area contributed by atoms with E-state index in [2.05, 4.69) is 0 Å². The zero-order valence-corrected chi connectivity index (χ0v) is 19.8. The molecule has 0 saturated heterocycles. The van der Waals surface area contributed by atoms with Crippen molar-refractivity contribution >= 4 is 23.7 Å². The standard InChI is InChI=1S/C28H32N2O5/c31-25(15-16-26(32)33)29(17-19-13-14-19)27-21-9-4-5-11-23(21)30(24-12-6-10-22(24)27)28(34)35-18-20-7-2-1-3-8-20/h1-5,7-9,11,19,22,24,27H,6,10,12-18H2,(H,32,33). The number of carbonyl (C=O) groups is 3. The quantitative estimate of drug-likeness (QED) is 0.569. The van der Waals surface area contributed by atoms with E-state index < -0.39 is 5.97 Å². The van der Waals surface area contributed by atoms with Crippen LogP contribution in [0, 0.1) is 11.8 Å². The molecule has 5 rings (SSSR count). The zero-order chi connectivity index (χ0) is 24.4. The second-order valence-corrected chi connectivity index (χ2v) is 9.96. The number of aliphatic carboxylic acids is 1. The molecule has 2 aromatic carbocycles. The first kappa shape index (κ1) is 23.4. The molecule has 184 valence electrons. The summed E-state index contributed by atoms with van der Waals surface area (Å²) in [6.07, 6.45) is 4.43. The minimum atomic E-state index is -0.958. The summed E-state index contributed by atoms with van der Waals surface area (Å²) >= 11 is 0. The topological polar surface area (TPSA) is 87.2 Å². The van der Waals surface area contributed by atoms with E-state index in [1.165, 1.54) is 0 Å².